The molecule has 6 heteroatoms. The first-order valence-corrected chi connectivity index (χ1v) is 6.58. The number of hydrogen-bond acceptors (Lipinski definition) is 4. The predicted molar refractivity (Wildman–Crippen MR) is 76.5 cm³/mol. The Bertz CT molecular complexity index is 409. The highest BCUT2D eigenvalue weighted by molar-refractivity contribution is 5.85. The van der Waals surface area contributed by atoms with Crippen molar-refractivity contribution in [3.8, 4) is 5.75 Å². The molecule has 0 aliphatic carbocycles. The topological polar surface area (TPSA) is 79.5 Å². The van der Waals surface area contributed by atoms with Gasteiger partial charge in [0.05, 0.1) is 6.54 Å². The van der Waals surface area contributed by atoms with E-state index in [9.17, 15) is 9.59 Å². The molecule has 0 atom stereocenters. The number of carbonyl (C=O) groups is 2. The Morgan fingerprint density at radius 3 is 2.50 bits per heavy atom. The molecule has 0 aliphatic heterocycles. The van der Waals surface area contributed by atoms with E-state index in [0.29, 0.717) is 12.3 Å². The van der Waals surface area contributed by atoms with E-state index >= 15 is 0 Å². The van der Waals surface area contributed by atoms with E-state index in [1.54, 1.807) is 12.1 Å². The van der Waals surface area contributed by atoms with Crippen molar-refractivity contribution in [1.29, 1.82) is 0 Å². The van der Waals surface area contributed by atoms with Gasteiger partial charge in [0.25, 0.3) is 5.91 Å². The average Bonchev–Trinajstić information content (AvgIpc) is 2.48. The number of nitrogens with one attached hydrogen (secondary N) is 3. The van der Waals surface area contributed by atoms with Crippen LogP contribution in [-0.4, -0.2) is 45.1 Å². The Morgan fingerprint density at radius 1 is 1.05 bits per heavy atom. The minimum Gasteiger partial charge on any atom is -0.484 e. The van der Waals surface area contributed by atoms with E-state index in [2.05, 4.69) is 16.0 Å². The van der Waals surface area contributed by atoms with E-state index in [0.717, 1.165) is 13.0 Å². The SMILES string of the molecule is CNCCCNC(=O)CNC(=O)COc1ccccc1. The van der Waals surface area contributed by atoms with Gasteiger partial charge in [0.15, 0.2) is 6.61 Å². The molecule has 0 radical (unpaired) electrons. The summed E-state index contributed by atoms with van der Waals surface area (Å²) < 4.78 is 5.26. The minimum atomic E-state index is -0.320. The molecule has 2 amide bonds. The van der Waals surface area contributed by atoms with Gasteiger partial charge in [0.1, 0.15) is 5.75 Å². The molecule has 0 aromatic heterocycles. The molecule has 1 aromatic rings. The van der Waals surface area contributed by atoms with Crippen LogP contribution in [0.4, 0.5) is 0 Å². The fourth-order valence-electron chi connectivity index (χ4n) is 1.45. The van der Waals surface area contributed by atoms with Crippen LogP contribution in [0.25, 0.3) is 0 Å². The summed E-state index contributed by atoms with van der Waals surface area (Å²) in [5.74, 6) is 0.104. The summed E-state index contributed by atoms with van der Waals surface area (Å²) in [6.45, 7) is 1.31. The normalized spacial score (nSPS) is 9.85. The molecule has 0 aliphatic rings. The van der Waals surface area contributed by atoms with Gasteiger partial charge in [-0.2, -0.15) is 0 Å². The van der Waals surface area contributed by atoms with Gasteiger partial charge in [-0.05, 0) is 32.1 Å². The van der Waals surface area contributed by atoms with Crippen LogP contribution in [-0.2, 0) is 9.59 Å². The van der Waals surface area contributed by atoms with Crippen LogP contribution < -0.4 is 20.7 Å². The Morgan fingerprint density at radius 2 is 1.80 bits per heavy atom. The van der Waals surface area contributed by atoms with E-state index < -0.39 is 0 Å². The molecular weight excluding hydrogens is 258 g/mol. The Hall–Kier alpha value is -2.08. The molecule has 0 heterocycles. The van der Waals surface area contributed by atoms with Crippen LogP contribution in [0.3, 0.4) is 0 Å². The maximum absolute atomic E-state index is 11.5. The monoisotopic (exact) mass is 279 g/mol. The second-order valence-corrected chi connectivity index (χ2v) is 4.19. The lowest BCUT2D eigenvalue weighted by Crippen LogP contribution is -2.39. The molecule has 0 saturated heterocycles. The largest absolute Gasteiger partial charge is 0.484 e. The van der Waals surface area contributed by atoms with E-state index in [1.165, 1.54) is 0 Å². The van der Waals surface area contributed by atoms with Crippen molar-refractivity contribution in [2.24, 2.45) is 0 Å². The van der Waals surface area contributed by atoms with Crippen LogP contribution in [0.2, 0.25) is 0 Å². The fraction of sp³-hybridized carbons (Fsp3) is 0.429. The average molecular weight is 279 g/mol. The Labute approximate surface area is 118 Å². The highest BCUT2D eigenvalue weighted by atomic mass is 16.5. The van der Waals surface area contributed by atoms with Crippen LogP contribution in [0.5, 0.6) is 5.75 Å². The Balaban J connectivity index is 2.09. The third kappa shape index (κ3) is 7.38. The van der Waals surface area contributed by atoms with Crippen molar-refractivity contribution in [2.45, 2.75) is 6.42 Å². The summed E-state index contributed by atoms with van der Waals surface area (Å²) in [7, 11) is 1.86. The smallest absolute Gasteiger partial charge is 0.258 e. The molecule has 1 rings (SSSR count). The Kier molecular flexibility index (Phi) is 7.83. The molecule has 20 heavy (non-hydrogen) atoms. The molecular formula is C14H21N3O3. The van der Waals surface area contributed by atoms with Crippen molar-refractivity contribution in [3.63, 3.8) is 0 Å². The number of benzene rings is 1. The van der Waals surface area contributed by atoms with Crippen molar-refractivity contribution < 1.29 is 14.3 Å². The van der Waals surface area contributed by atoms with Gasteiger partial charge in [0, 0.05) is 6.54 Å². The number of amides is 2. The van der Waals surface area contributed by atoms with E-state index in [1.807, 2.05) is 25.2 Å². The number of rotatable bonds is 9. The van der Waals surface area contributed by atoms with Gasteiger partial charge in [-0.25, -0.2) is 0 Å². The summed E-state index contributed by atoms with van der Waals surface area (Å²) in [4.78, 5) is 22.9. The zero-order chi connectivity index (χ0) is 14.6. The predicted octanol–water partition coefficient (Wildman–Crippen LogP) is -0.0927. The van der Waals surface area contributed by atoms with Crippen molar-refractivity contribution in [3.05, 3.63) is 30.3 Å². The fourth-order valence-corrected chi connectivity index (χ4v) is 1.45. The third-order valence-corrected chi connectivity index (χ3v) is 2.48. The summed E-state index contributed by atoms with van der Waals surface area (Å²) in [5, 5.41) is 8.20. The highest BCUT2D eigenvalue weighted by Crippen LogP contribution is 2.07. The van der Waals surface area contributed by atoms with Crippen LogP contribution in [0.1, 0.15) is 6.42 Å². The van der Waals surface area contributed by atoms with Gasteiger partial charge in [-0.15, -0.1) is 0 Å². The molecule has 0 spiro atoms. The second kappa shape index (κ2) is 9.80. The van der Waals surface area contributed by atoms with Gasteiger partial charge < -0.3 is 20.7 Å². The first kappa shape index (κ1) is 16.0. The third-order valence-electron chi connectivity index (χ3n) is 2.48. The van der Waals surface area contributed by atoms with Crippen LogP contribution in [0.15, 0.2) is 30.3 Å². The zero-order valence-electron chi connectivity index (χ0n) is 11.6. The first-order valence-electron chi connectivity index (χ1n) is 6.58. The standard InChI is InChI=1S/C14H21N3O3/c1-15-8-5-9-16-13(18)10-17-14(19)11-20-12-6-3-2-4-7-12/h2-4,6-7,15H,5,8-11H2,1H3,(H,16,18)(H,17,19). The lowest BCUT2D eigenvalue weighted by atomic mass is 10.3. The molecule has 3 N–H and O–H groups in total. The molecule has 0 fully saturated rings. The molecule has 110 valence electrons. The summed E-state index contributed by atoms with van der Waals surface area (Å²) in [6, 6.07) is 9.05. The summed E-state index contributed by atoms with van der Waals surface area (Å²) in [6.07, 6.45) is 0.854. The minimum absolute atomic E-state index is 0.0312. The number of carbonyl (C=O) groups excluding carboxylic acids is 2. The number of para-hydroxylation sites is 1. The quantitative estimate of drug-likeness (QED) is 0.552. The van der Waals surface area contributed by atoms with Gasteiger partial charge in [-0.3, -0.25) is 9.59 Å². The van der Waals surface area contributed by atoms with Crippen molar-refractivity contribution >= 4 is 11.8 Å². The summed E-state index contributed by atoms with van der Waals surface area (Å²) in [5.41, 5.74) is 0. The molecule has 1 aromatic carbocycles. The first-order chi connectivity index (χ1) is 9.72. The lowest BCUT2D eigenvalue weighted by Gasteiger charge is -2.08. The van der Waals surface area contributed by atoms with Crippen molar-refractivity contribution in [2.75, 3.05) is 33.3 Å². The second-order valence-electron chi connectivity index (χ2n) is 4.19. The van der Waals surface area contributed by atoms with Gasteiger partial charge in [0.2, 0.25) is 5.91 Å². The van der Waals surface area contributed by atoms with Crippen LogP contribution >= 0.6 is 0 Å². The molecule has 0 saturated carbocycles. The van der Waals surface area contributed by atoms with E-state index in [4.69, 9.17) is 4.74 Å². The number of hydrogen-bond donors (Lipinski definition) is 3. The molecule has 0 bridgehead atoms. The highest BCUT2D eigenvalue weighted by Gasteiger charge is 2.05. The van der Waals surface area contributed by atoms with Gasteiger partial charge in [-0.1, -0.05) is 18.2 Å². The number of ether oxygens (including phenoxy) is 1. The maximum atomic E-state index is 11.5. The van der Waals surface area contributed by atoms with Gasteiger partial charge >= 0.3 is 0 Å². The van der Waals surface area contributed by atoms with E-state index in [-0.39, 0.29) is 25.0 Å². The molecule has 6 nitrogen and oxygen atoms in total. The summed E-state index contributed by atoms with van der Waals surface area (Å²) >= 11 is 0. The molecule has 0 unspecified atom stereocenters. The maximum Gasteiger partial charge on any atom is 0.258 e. The van der Waals surface area contributed by atoms with Crippen LogP contribution in [0, 0.1) is 0 Å². The lowest BCUT2D eigenvalue weighted by molar-refractivity contribution is -0.127. The zero-order valence-corrected chi connectivity index (χ0v) is 11.6. The van der Waals surface area contributed by atoms with Crippen molar-refractivity contribution in [1.82, 2.24) is 16.0 Å².